The first-order valence-electron chi connectivity index (χ1n) is 9.98. The van der Waals surface area contributed by atoms with Gasteiger partial charge in [-0.05, 0) is 42.7 Å². The molecule has 1 fully saturated rings. The second kappa shape index (κ2) is 8.31. The Kier molecular flexibility index (Phi) is 5.59. The number of carbonyl (C=O) groups excluding carboxylic acids is 1. The van der Waals surface area contributed by atoms with Gasteiger partial charge in [-0.2, -0.15) is 5.10 Å². The normalized spacial score (nSPS) is 15.3. The lowest BCUT2D eigenvalue weighted by Crippen LogP contribution is -2.25. The second-order valence-electron chi connectivity index (χ2n) is 7.24. The monoisotopic (exact) mass is 424 g/mol. The topological polar surface area (TPSA) is 84.3 Å². The van der Waals surface area contributed by atoms with E-state index in [-0.39, 0.29) is 11.7 Å². The molecule has 1 aliphatic rings. The molecule has 0 aliphatic carbocycles. The highest BCUT2D eigenvalue weighted by molar-refractivity contribution is 7.93. The molecule has 1 aromatic heterocycles. The van der Waals surface area contributed by atoms with Crippen LogP contribution >= 0.6 is 0 Å². The first-order valence-corrected chi connectivity index (χ1v) is 11.6. The van der Waals surface area contributed by atoms with Crippen LogP contribution in [0.25, 0.3) is 0 Å². The predicted molar refractivity (Wildman–Crippen MR) is 117 cm³/mol. The van der Waals surface area contributed by atoms with Gasteiger partial charge in [0.25, 0.3) is 5.91 Å². The van der Waals surface area contributed by atoms with Crippen molar-refractivity contribution in [1.29, 1.82) is 0 Å². The smallest absolute Gasteiger partial charge is 0.259 e. The van der Waals surface area contributed by atoms with Crippen LogP contribution in [-0.2, 0) is 23.0 Å². The number of carbonyl (C=O) groups is 1. The van der Waals surface area contributed by atoms with Crippen LogP contribution in [0.2, 0.25) is 0 Å². The van der Waals surface area contributed by atoms with E-state index in [0.29, 0.717) is 42.9 Å². The third kappa shape index (κ3) is 4.09. The summed E-state index contributed by atoms with van der Waals surface area (Å²) in [5, 5.41) is 7.30. The molecule has 0 atom stereocenters. The number of sulfonamides is 1. The lowest BCUT2D eigenvalue weighted by molar-refractivity contribution is 0.102. The predicted octanol–water partition coefficient (Wildman–Crippen LogP) is 3.29. The number of hydrogen-bond donors (Lipinski definition) is 1. The van der Waals surface area contributed by atoms with Crippen LogP contribution in [0.3, 0.4) is 0 Å². The lowest BCUT2D eigenvalue weighted by Gasteiger charge is -2.17. The number of amides is 1. The molecule has 1 saturated heterocycles. The highest BCUT2D eigenvalue weighted by Crippen LogP contribution is 2.25. The van der Waals surface area contributed by atoms with Crippen molar-refractivity contribution in [3.63, 3.8) is 0 Å². The van der Waals surface area contributed by atoms with Crippen molar-refractivity contribution in [3.05, 3.63) is 77.6 Å². The maximum Gasteiger partial charge on any atom is 0.259 e. The summed E-state index contributed by atoms with van der Waals surface area (Å²) in [6.07, 6.45) is 2.91. The Labute approximate surface area is 176 Å². The standard InChI is InChI=1S/C22H24N4O3S/c1-2-21-20(15-23-25(21)16-17-7-4-3-5-8-17)22(27)24-18-9-11-19(12-10-18)26-13-6-14-30(26,28)29/h3-5,7-12,15H,2,6,13-14,16H2,1H3,(H,24,27). The maximum atomic E-state index is 12.8. The molecule has 4 rings (SSSR count). The van der Waals surface area contributed by atoms with Crippen molar-refractivity contribution in [3.8, 4) is 0 Å². The fourth-order valence-electron chi connectivity index (χ4n) is 3.70. The zero-order valence-electron chi connectivity index (χ0n) is 16.8. The van der Waals surface area contributed by atoms with Crippen LogP contribution in [0.4, 0.5) is 11.4 Å². The minimum atomic E-state index is -3.22. The zero-order chi connectivity index (χ0) is 21.1. The van der Waals surface area contributed by atoms with Gasteiger partial charge in [-0.1, -0.05) is 37.3 Å². The molecule has 1 amide bonds. The minimum Gasteiger partial charge on any atom is -0.322 e. The molecule has 3 aromatic rings. The molecule has 0 spiro atoms. The summed E-state index contributed by atoms with van der Waals surface area (Å²) in [5.74, 6) is -0.0502. The summed E-state index contributed by atoms with van der Waals surface area (Å²) in [5.41, 5.74) is 3.76. The first-order chi connectivity index (χ1) is 14.5. The number of nitrogens with zero attached hydrogens (tertiary/aromatic N) is 3. The number of hydrogen-bond acceptors (Lipinski definition) is 4. The Balaban J connectivity index is 1.49. The molecule has 2 aromatic carbocycles. The van der Waals surface area contributed by atoms with Gasteiger partial charge in [0.2, 0.25) is 10.0 Å². The summed E-state index contributed by atoms with van der Waals surface area (Å²) in [4.78, 5) is 12.8. The van der Waals surface area contributed by atoms with Gasteiger partial charge in [-0.3, -0.25) is 13.8 Å². The van der Waals surface area contributed by atoms with E-state index in [4.69, 9.17) is 0 Å². The molecule has 0 unspecified atom stereocenters. The minimum absolute atomic E-state index is 0.179. The molecule has 0 radical (unpaired) electrons. The second-order valence-corrected chi connectivity index (χ2v) is 9.26. The highest BCUT2D eigenvalue weighted by Gasteiger charge is 2.28. The molecule has 30 heavy (non-hydrogen) atoms. The first kappa shape index (κ1) is 20.2. The van der Waals surface area contributed by atoms with E-state index in [9.17, 15) is 13.2 Å². The largest absolute Gasteiger partial charge is 0.322 e. The average molecular weight is 425 g/mol. The van der Waals surface area contributed by atoms with Gasteiger partial charge in [0.15, 0.2) is 0 Å². The molecule has 7 nitrogen and oxygen atoms in total. The van der Waals surface area contributed by atoms with Gasteiger partial charge in [0.05, 0.1) is 35.4 Å². The van der Waals surface area contributed by atoms with Crippen LogP contribution in [0.15, 0.2) is 60.8 Å². The Morgan fingerprint density at radius 1 is 1.10 bits per heavy atom. The molecule has 0 bridgehead atoms. The van der Waals surface area contributed by atoms with Crippen LogP contribution in [-0.4, -0.2) is 36.4 Å². The molecule has 1 N–H and O–H groups in total. The Morgan fingerprint density at radius 2 is 1.83 bits per heavy atom. The Bertz CT molecular complexity index is 1140. The zero-order valence-corrected chi connectivity index (χ0v) is 17.6. The van der Waals surface area contributed by atoms with Crippen molar-refractivity contribution in [1.82, 2.24) is 9.78 Å². The summed E-state index contributed by atoms with van der Waals surface area (Å²) >= 11 is 0. The molecule has 8 heteroatoms. The van der Waals surface area contributed by atoms with Crippen molar-refractivity contribution < 1.29 is 13.2 Å². The third-order valence-electron chi connectivity index (χ3n) is 5.22. The fourth-order valence-corrected chi connectivity index (χ4v) is 5.27. The van der Waals surface area contributed by atoms with E-state index < -0.39 is 10.0 Å². The number of nitrogens with one attached hydrogen (secondary N) is 1. The molecule has 0 saturated carbocycles. The number of aromatic nitrogens is 2. The van der Waals surface area contributed by atoms with Gasteiger partial charge in [-0.25, -0.2) is 8.42 Å². The summed E-state index contributed by atoms with van der Waals surface area (Å²) in [6, 6.07) is 16.9. The third-order valence-corrected chi connectivity index (χ3v) is 7.09. The highest BCUT2D eigenvalue weighted by atomic mass is 32.2. The average Bonchev–Trinajstić information content (AvgIpc) is 3.31. The van der Waals surface area contributed by atoms with Crippen LogP contribution < -0.4 is 9.62 Å². The van der Waals surface area contributed by atoms with Gasteiger partial charge < -0.3 is 5.32 Å². The summed E-state index contributed by atoms with van der Waals surface area (Å²) in [7, 11) is -3.22. The van der Waals surface area contributed by atoms with Crippen molar-refractivity contribution in [2.45, 2.75) is 26.3 Å². The Morgan fingerprint density at radius 3 is 2.47 bits per heavy atom. The van der Waals surface area contributed by atoms with Crippen molar-refractivity contribution >= 4 is 27.3 Å². The Hall–Kier alpha value is -3.13. The van der Waals surface area contributed by atoms with Crippen molar-refractivity contribution in [2.75, 3.05) is 21.9 Å². The van der Waals surface area contributed by atoms with E-state index in [2.05, 4.69) is 10.4 Å². The van der Waals surface area contributed by atoms with Crippen LogP contribution in [0.5, 0.6) is 0 Å². The van der Waals surface area contributed by atoms with E-state index in [0.717, 1.165) is 11.3 Å². The van der Waals surface area contributed by atoms with Gasteiger partial charge in [-0.15, -0.1) is 0 Å². The van der Waals surface area contributed by atoms with Crippen molar-refractivity contribution in [2.24, 2.45) is 0 Å². The van der Waals surface area contributed by atoms with Gasteiger partial charge >= 0.3 is 0 Å². The maximum absolute atomic E-state index is 12.8. The molecule has 1 aliphatic heterocycles. The number of rotatable bonds is 6. The van der Waals surface area contributed by atoms with Gasteiger partial charge in [0, 0.05) is 12.2 Å². The SMILES string of the molecule is CCc1c(C(=O)Nc2ccc(N3CCCS3(=O)=O)cc2)cnn1Cc1ccccc1. The molecular weight excluding hydrogens is 400 g/mol. The van der Waals surface area contributed by atoms with E-state index in [1.807, 2.05) is 41.9 Å². The van der Waals surface area contributed by atoms with E-state index in [1.54, 1.807) is 30.5 Å². The molecule has 156 valence electrons. The summed E-state index contributed by atoms with van der Waals surface area (Å²) < 4.78 is 27.4. The quantitative estimate of drug-likeness (QED) is 0.658. The summed E-state index contributed by atoms with van der Waals surface area (Å²) in [6.45, 7) is 3.10. The fraction of sp³-hybridized carbons (Fsp3) is 0.273. The van der Waals surface area contributed by atoms with Gasteiger partial charge in [0.1, 0.15) is 0 Å². The van der Waals surface area contributed by atoms with Crippen LogP contribution in [0.1, 0.15) is 35.0 Å². The van der Waals surface area contributed by atoms with E-state index in [1.165, 1.54) is 4.31 Å². The molecular formula is C22H24N4O3S. The van der Waals surface area contributed by atoms with E-state index >= 15 is 0 Å². The molecule has 2 heterocycles. The number of benzene rings is 2. The van der Waals surface area contributed by atoms with Crippen LogP contribution in [0, 0.1) is 0 Å². The lowest BCUT2D eigenvalue weighted by atomic mass is 10.1. The number of anilines is 2.